The number of nitrogens with zero attached hydrogens (tertiary/aromatic N) is 2. The Morgan fingerprint density at radius 2 is 1.72 bits per heavy atom. The van der Waals surface area contributed by atoms with E-state index in [0.717, 1.165) is 39.4 Å². The highest BCUT2D eigenvalue weighted by molar-refractivity contribution is 5.96. The van der Waals surface area contributed by atoms with Crippen LogP contribution in [-0.2, 0) is 7.05 Å². The van der Waals surface area contributed by atoms with Gasteiger partial charge in [0.25, 0.3) is 0 Å². The Morgan fingerprint density at radius 1 is 0.960 bits per heavy atom. The minimum Gasteiger partial charge on any atom is -0.496 e. The fraction of sp³-hybridized carbons (Fsp3) is 0.0952. The predicted molar refractivity (Wildman–Crippen MR) is 102 cm³/mol. The molecule has 4 nitrogen and oxygen atoms in total. The number of anilines is 2. The third-order valence-corrected chi connectivity index (χ3v) is 4.39. The Morgan fingerprint density at radius 3 is 2.52 bits per heavy atom. The Labute approximate surface area is 146 Å². The molecule has 4 rings (SSSR count). The van der Waals surface area contributed by atoms with E-state index in [4.69, 9.17) is 4.74 Å². The first kappa shape index (κ1) is 15.3. The second-order valence-corrected chi connectivity index (χ2v) is 5.87. The minimum atomic E-state index is 0.848. The van der Waals surface area contributed by atoms with Gasteiger partial charge in [-0.05, 0) is 36.4 Å². The van der Waals surface area contributed by atoms with Crippen LogP contribution in [0.4, 0.5) is 11.5 Å². The second kappa shape index (κ2) is 6.32. The largest absolute Gasteiger partial charge is 0.496 e. The minimum absolute atomic E-state index is 0.848. The fourth-order valence-electron chi connectivity index (χ4n) is 3.13. The molecule has 0 amide bonds. The Hall–Kier alpha value is -3.27. The van der Waals surface area contributed by atoms with E-state index in [-0.39, 0.29) is 0 Å². The van der Waals surface area contributed by atoms with Gasteiger partial charge in [0.05, 0.1) is 18.3 Å². The lowest BCUT2D eigenvalue weighted by molar-refractivity contribution is 0.416. The van der Waals surface area contributed by atoms with Crippen molar-refractivity contribution in [1.29, 1.82) is 0 Å². The highest BCUT2D eigenvalue weighted by Crippen LogP contribution is 2.35. The van der Waals surface area contributed by atoms with Crippen LogP contribution in [0, 0.1) is 0 Å². The molecule has 4 aromatic rings. The van der Waals surface area contributed by atoms with Crippen molar-refractivity contribution in [3.05, 3.63) is 72.9 Å². The second-order valence-electron chi connectivity index (χ2n) is 5.87. The van der Waals surface area contributed by atoms with Gasteiger partial charge in [0.2, 0.25) is 0 Å². The summed E-state index contributed by atoms with van der Waals surface area (Å²) < 4.78 is 7.70. The number of para-hydroxylation sites is 2. The van der Waals surface area contributed by atoms with E-state index in [1.54, 1.807) is 7.11 Å². The van der Waals surface area contributed by atoms with Gasteiger partial charge in [-0.25, -0.2) is 4.98 Å². The molecular weight excluding hydrogens is 310 g/mol. The molecule has 0 fully saturated rings. The number of hydrogen-bond acceptors (Lipinski definition) is 3. The number of pyridine rings is 1. The number of nitrogens with one attached hydrogen (secondary N) is 1. The molecule has 2 aromatic carbocycles. The van der Waals surface area contributed by atoms with Crippen LogP contribution < -0.4 is 10.1 Å². The number of aromatic nitrogens is 2. The Kier molecular flexibility index (Phi) is 3.86. The normalized spacial score (nSPS) is 10.8. The number of hydrogen-bond donors (Lipinski definition) is 1. The van der Waals surface area contributed by atoms with E-state index in [9.17, 15) is 0 Å². The van der Waals surface area contributed by atoms with E-state index in [1.807, 2.05) is 60.8 Å². The summed E-state index contributed by atoms with van der Waals surface area (Å²) in [5, 5.41) is 4.49. The zero-order valence-electron chi connectivity index (χ0n) is 14.2. The van der Waals surface area contributed by atoms with Crippen LogP contribution in [0.25, 0.3) is 22.2 Å². The Bertz CT molecular complexity index is 1020. The van der Waals surface area contributed by atoms with Crippen LogP contribution in [0.2, 0.25) is 0 Å². The predicted octanol–water partition coefficient (Wildman–Crippen LogP) is 4.99. The molecule has 2 aromatic heterocycles. The maximum atomic E-state index is 5.53. The van der Waals surface area contributed by atoms with Crippen molar-refractivity contribution < 1.29 is 4.74 Å². The van der Waals surface area contributed by atoms with E-state index >= 15 is 0 Å². The van der Waals surface area contributed by atoms with Crippen LogP contribution in [0.5, 0.6) is 5.75 Å². The summed E-state index contributed by atoms with van der Waals surface area (Å²) in [6, 6.07) is 22.3. The van der Waals surface area contributed by atoms with Crippen LogP contribution >= 0.6 is 0 Å². The third-order valence-electron chi connectivity index (χ3n) is 4.39. The van der Waals surface area contributed by atoms with Crippen molar-refractivity contribution in [2.45, 2.75) is 0 Å². The zero-order chi connectivity index (χ0) is 17.2. The van der Waals surface area contributed by atoms with Crippen LogP contribution in [0.15, 0.2) is 72.9 Å². The van der Waals surface area contributed by atoms with E-state index in [2.05, 4.69) is 34.0 Å². The number of rotatable bonds is 4. The number of ether oxygens (including phenoxy) is 1. The smallest absolute Gasteiger partial charge is 0.139 e. The molecule has 0 aliphatic carbocycles. The van der Waals surface area contributed by atoms with Gasteiger partial charge in [0, 0.05) is 29.9 Å². The molecule has 0 saturated carbocycles. The standard InChI is InChI=1S/C21H19N3O/c1-24-18-12-13-22-21(23-15-8-4-3-5-9-15)17(18)14-19(24)16-10-6-7-11-20(16)25-2/h3-14H,1-2H3,(H,22,23). The summed E-state index contributed by atoms with van der Waals surface area (Å²) in [5.41, 5.74) is 4.30. The maximum absolute atomic E-state index is 5.53. The van der Waals surface area contributed by atoms with Crippen molar-refractivity contribution >= 4 is 22.4 Å². The lowest BCUT2D eigenvalue weighted by Crippen LogP contribution is -1.95. The van der Waals surface area contributed by atoms with Crippen molar-refractivity contribution in [2.24, 2.45) is 7.05 Å². The number of fused-ring (bicyclic) bond motifs is 1. The third kappa shape index (κ3) is 2.72. The van der Waals surface area contributed by atoms with Gasteiger partial charge in [0.1, 0.15) is 11.6 Å². The molecule has 2 heterocycles. The molecule has 4 heteroatoms. The molecule has 0 radical (unpaired) electrons. The van der Waals surface area contributed by atoms with Gasteiger partial charge in [-0.1, -0.05) is 30.3 Å². The first-order valence-corrected chi connectivity index (χ1v) is 8.18. The molecule has 0 atom stereocenters. The lowest BCUT2D eigenvalue weighted by atomic mass is 10.1. The summed E-state index contributed by atoms with van der Waals surface area (Å²) in [4.78, 5) is 4.54. The highest BCUT2D eigenvalue weighted by Gasteiger charge is 2.14. The zero-order valence-corrected chi connectivity index (χ0v) is 14.2. The fourth-order valence-corrected chi connectivity index (χ4v) is 3.13. The topological polar surface area (TPSA) is 39.1 Å². The summed E-state index contributed by atoms with van der Waals surface area (Å²) in [6.45, 7) is 0. The average molecular weight is 329 g/mol. The van der Waals surface area contributed by atoms with Gasteiger partial charge in [-0.15, -0.1) is 0 Å². The van der Waals surface area contributed by atoms with Gasteiger partial charge in [-0.2, -0.15) is 0 Å². The van der Waals surface area contributed by atoms with Crippen LogP contribution in [0.3, 0.4) is 0 Å². The first-order chi connectivity index (χ1) is 12.3. The number of benzene rings is 2. The van der Waals surface area contributed by atoms with E-state index in [1.165, 1.54) is 0 Å². The summed E-state index contributed by atoms with van der Waals surface area (Å²) in [5.74, 6) is 1.71. The summed E-state index contributed by atoms with van der Waals surface area (Å²) in [7, 11) is 3.77. The highest BCUT2D eigenvalue weighted by atomic mass is 16.5. The van der Waals surface area contributed by atoms with Gasteiger partial charge < -0.3 is 14.6 Å². The quantitative estimate of drug-likeness (QED) is 0.573. The number of aryl methyl sites for hydroxylation is 1. The van der Waals surface area contributed by atoms with Crippen LogP contribution in [-0.4, -0.2) is 16.7 Å². The molecule has 0 saturated heterocycles. The van der Waals surface area contributed by atoms with Crippen molar-refractivity contribution in [1.82, 2.24) is 9.55 Å². The first-order valence-electron chi connectivity index (χ1n) is 8.18. The monoisotopic (exact) mass is 329 g/mol. The maximum Gasteiger partial charge on any atom is 0.139 e. The molecule has 0 aliphatic rings. The molecule has 0 unspecified atom stereocenters. The van der Waals surface area contributed by atoms with E-state index < -0.39 is 0 Å². The molecule has 0 spiro atoms. The van der Waals surface area contributed by atoms with Gasteiger partial charge in [-0.3, -0.25) is 0 Å². The van der Waals surface area contributed by atoms with Crippen molar-refractivity contribution in [3.8, 4) is 17.0 Å². The van der Waals surface area contributed by atoms with Crippen molar-refractivity contribution in [3.63, 3.8) is 0 Å². The number of methoxy groups -OCH3 is 1. The molecule has 25 heavy (non-hydrogen) atoms. The van der Waals surface area contributed by atoms with Gasteiger partial charge in [0.15, 0.2) is 0 Å². The average Bonchev–Trinajstić information content (AvgIpc) is 3.00. The SMILES string of the molecule is COc1ccccc1-c1cc2c(Nc3ccccc3)nccc2n1C. The Balaban J connectivity index is 1.86. The lowest BCUT2D eigenvalue weighted by Gasteiger charge is -2.09. The molecular formula is C21H19N3O. The van der Waals surface area contributed by atoms with E-state index in [0.29, 0.717) is 0 Å². The molecule has 0 aliphatic heterocycles. The van der Waals surface area contributed by atoms with Crippen molar-refractivity contribution in [2.75, 3.05) is 12.4 Å². The van der Waals surface area contributed by atoms with Gasteiger partial charge >= 0.3 is 0 Å². The molecule has 124 valence electrons. The molecule has 1 N–H and O–H groups in total. The summed E-state index contributed by atoms with van der Waals surface area (Å²) in [6.07, 6.45) is 1.83. The molecule has 0 bridgehead atoms. The van der Waals surface area contributed by atoms with Crippen LogP contribution in [0.1, 0.15) is 0 Å². The summed E-state index contributed by atoms with van der Waals surface area (Å²) >= 11 is 0.